The molecule has 1 amide bonds. The molecule has 0 aliphatic carbocycles. The number of carbonyl (C=O) groups is 1. The predicted molar refractivity (Wildman–Crippen MR) is 138 cm³/mol. The Bertz CT molecular complexity index is 1450. The zero-order valence-electron chi connectivity index (χ0n) is 21.5. The topological polar surface area (TPSA) is 138 Å². The third-order valence-corrected chi connectivity index (χ3v) is 6.31. The normalized spacial score (nSPS) is 15.0. The molecule has 12 nitrogen and oxygen atoms in total. The van der Waals surface area contributed by atoms with Crippen LogP contribution >= 0.6 is 0 Å². The van der Waals surface area contributed by atoms with Gasteiger partial charge in [0.1, 0.15) is 12.4 Å². The van der Waals surface area contributed by atoms with Crippen LogP contribution in [0.2, 0.25) is 0 Å². The number of nitro benzene ring substituents is 2. The van der Waals surface area contributed by atoms with Crippen molar-refractivity contribution in [3.05, 3.63) is 98.1 Å². The third kappa shape index (κ3) is 7.13. The average Bonchev–Trinajstić information content (AvgIpc) is 2.95. The summed E-state index contributed by atoms with van der Waals surface area (Å²) >= 11 is 0. The van der Waals surface area contributed by atoms with E-state index in [-0.39, 0.29) is 37.5 Å². The third-order valence-electron chi connectivity index (χ3n) is 6.31. The van der Waals surface area contributed by atoms with Gasteiger partial charge >= 0.3 is 19.3 Å². The van der Waals surface area contributed by atoms with Crippen LogP contribution < -0.4 is 14.4 Å². The Morgan fingerprint density at radius 3 is 2.07 bits per heavy atom. The maximum atomic E-state index is 13.3. The average molecular weight is 594 g/mol. The van der Waals surface area contributed by atoms with Crippen LogP contribution in [-0.2, 0) is 11.3 Å². The second-order valence-electron chi connectivity index (χ2n) is 8.84. The number of benzene rings is 3. The number of nitro groups is 2. The maximum Gasteiger partial charge on any atom is 0.410 e. The lowest BCUT2D eigenvalue weighted by molar-refractivity contribution is -0.385. The van der Waals surface area contributed by atoms with E-state index in [4.69, 9.17) is 4.74 Å². The molecule has 1 fully saturated rings. The lowest BCUT2D eigenvalue weighted by Crippen LogP contribution is -2.51. The van der Waals surface area contributed by atoms with E-state index in [2.05, 4.69) is 9.47 Å². The van der Waals surface area contributed by atoms with Gasteiger partial charge in [-0.1, -0.05) is 30.3 Å². The summed E-state index contributed by atoms with van der Waals surface area (Å²) in [4.78, 5) is 36.8. The van der Waals surface area contributed by atoms with Crippen molar-refractivity contribution in [3.8, 4) is 11.5 Å². The monoisotopic (exact) mass is 594 g/mol. The molecule has 1 heterocycles. The van der Waals surface area contributed by atoms with Gasteiger partial charge in [-0.2, -0.15) is 17.6 Å². The van der Waals surface area contributed by atoms with Crippen molar-refractivity contribution >= 4 is 23.2 Å². The highest BCUT2D eigenvalue weighted by Crippen LogP contribution is 2.40. The summed E-state index contributed by atoms with van der Waals surface area (Å²) in [6.07, 6.45) is -0.849. The Morgan fingerprint density at radius 2 is 1.45 bits per heavy atom. The Hall–Kier alpha value is -5.15. The maximum absolute atomic E-state index is 13.3. The number of halogens is 4. The van der Waals surface area contributed by atoms with Gasteiger partial charge in [0.15, 0.2) is 5.75 Å². The number of carbonyl (C=O) groups excluding carboxylic acids is 1. The van der Waals surface area contributed by atoms with Gasteiger partial charge in [-0.25, -0.2) is 4.79 Å². The number of piperazine rings is 1. The van der Waals surface area contributed by atoms with Crippen LogP contribution in [-0.4, -0.2) is 53.7 Å². The van der Waals surface area contributed by atoms with Crippen molar-refractivity contribution in [2.75, 3.05) is 24.5 Å². The Balaban J connectivity index is 1.73. The van der Waals surface area contributed by atoms with Crippen molar-refractivity contribution in [2.24, 2.45) is 0 Å². The molecule has 222 valence electrons. The molecule has 0 saturated carbocycles. The molecule has 1 unspecified atom stereocenters. The zero-order chi connectivity index (χ0) is 30.4. The summed E-state index contributed by atoms with van der Waals surface area (Å²) < 4.78 is 67.6. The molecule has 0 N–H and O–H groups in total. The van der Waals surface area contributed by atoms with E-state index in [0.717, 1.165) is 30.3 Å². The first-order valence-electron chi connectivity index (χ1n) is 12.2. The number of rotatable bonds is 10. The van der Waals surface area contributed by atoms with Gasteiger partial charge in [0, 0.05) is 37.3 Å². The van der Waals surface area contributed by atoms with Crippen LogP contribution in [0, 0.1) is 20.2 Å². The van der Waals surface area contributed by atoms with Crippen molar-refractivity contribution in [1.82, 2.24) is 4.90 Å². The lowest BCUT2D eigenvalue weighted by Gasteiger charge is -2.42. The smallest absolute Gasteiger partial charge is 0.410 e. The minimum absolute atomic E-state index is 0.00134. The molecule has 4 rings (SSSR count). The molecule has 1 aliphatic rings. The SMILES string of the molecule is O=C(OCc1ccccc1)N1CCN(c2ccc([N+](=O)[O-])cc2OC(F)F)CC1c1ccc([N+](=O)[O-])cc1OC(F)F. The molecule has 3 aromatic carbocycles. The summed E-state index contributed by atoms with van der Waals surface area (Å²) in [5.41, 5.74) is -0.458. The summed E-state index contributed by atoms with van der Waals surface area (Å²) in [7, 11) is 0. The van der Waals surface area contributed by atoms with Crippen molar-refractivity contribution in [1.29, 1.82) is 0 Å². The Kier molecular flexibility index (Phi) is 9.24. The lowest BCUT2D eigenvalue weighted by atomic mass is 10.00. The molecular weight excluding hydrogens is 572 g/mol. The molecule has 1 saturated heterocycles. The highest BCUT2D eigenvalue weighted by molar-refractivity contribution is 5.70. The van der Waals surface area contributed by atoms with Crippen molar-refractivity contribution in [3.63, 3.8) is 0 Å². The number of hydrogen-bond donors (Lipinski definition) is 0. The Morgan fingerprint density at radius 1 is 0.857 bits per heavy atom. The fraction of sp³-hybridized carbons (Fsp3) is 0.269. The number of alkyl halides is 4. The fourth-order valence-electron chi connectivity index (χ4n) is 4.47. The fourth-order valence-corrected chi connectivity index (χ4v) is 4.47. The molecule has 0 aromatic heterocycles. The van der Waals surface area contributed by atoms with E-state index in [0.29, 0.717) is 5.56 Å². The number of nitrogens with zero attached hydrogens (tertiary/aromatic N) is 4. The first-order valence-corrected chi connectivity index (χ1v) is 12.2. The highest BCUT2D eigenvalue weighted by atomic mass is 19.3. The van der Waals surface area contributed by atoms with Crippen molar-refractivity contribution < 1.29 is 46.4 Å². The van der Waals surface area contributed by atoms with Crippen LogP contribution in [0.3, 0.4) is 0 Å². The van der Waals surface area contributed by atoms with Gasteiger partial charge in [-0.15, -0.1) is 0 Å². The van der Waals surface area contributed by atoms with E-state index in [1.54, 1.807) is 30.3 Å². The molecule has 0 radical (unpaired) electrons. The summed E-state index contributed by atoms with van der Waals surface area (Å²) in [6, 6.07) is 13.6. The second-order valence-corrected chi connectivity index (χ2v) is 8.84. The van der Waals surface area contributed by atoms with Crippen LogP contribution in [0.5, 0.6) is 11.5 Å². The highest BCUT2D eigenvalue weighted by Gasteiger charge is 2.37. The van der Waals surface area contributed by atoms with Crippen LogP contribution in [0.1, 0.15) is 17.2 Å². The number of non-ortho nitro benzene ring substituents is 2. The first-order chi connectivity index (χ1) is 20.0. The predicted octanol–water partition coefficient (Wildman–Crippen LogP) is 5.91. The van der Waals surface area contributed by atoms with Crippen LogP contribution in [0.4, 0.5) is 39.4 Å². The number of ether oxygens (including phenoxy) is 3. The van der Waals surface area contributed by atoms with Gasteiger partial charge < -0.3 is 19.1 Å². The van der Waals surface area contributed by atoms with Crippen LogP contribution in [0.25, 0.3) is 0 Å². The standard InChI is InChI=1S/C26H22F4N4O8/c27-24(28)41-22-12-17(33(36)37)6-8-19(22)21-14-31(20-9-7-18(34(38)39)13-23(20)42-25(29)30)10-11-32(21)26(35)40-15-16-4-2-1-3-5-16/h1-9,12-13,21,24-25H,10-11,14-15H2. The minimum Gasteiger partial charge on any atom is -0.445 e. The second kappa shape index (κ2) is 13.0. The van der Waals surface area contributed by atoms with E-state index >= 15 is 0 Å². The van der Waals surface area contributed by atoms with E-state index in [1.807, 2.05) is 0 Å². The largest absolute Gasteiger partial charge is 0.445 e. The van der Waals surface area contributed by atoms with Gasteiger partial charge in [-0.05, 0) is 17.7 Å². The Labute approximate surface area is 234 Å². The molecule has 0 bridgehead atoms. The van der Waals surface area contributed by atoms with Crippen LogP contribution in [0.15, 0.2) is 66.7 Å². The number of amides is 1. The van der Waals surface area contributed by atoms with E-state index in [1.165, 1.54) is 15.9 Å². The summed E-state index contributed by atoms with van der Waals surface area (Å²) in [5.74, 6) is -1.11. The number of hydrogen-bond acceptors (Lipinski definition) is 9. The molecule has 1 aliphatic heterocycles. The van der Waals surface area contributed by atoms with E-state index < -0.39 is 58.1 Å². The van der Waals surface area contributed by atoms with E-state index in [9.17, 15) is 42.6 Å². The molecule has 16 heteroatoms. The molecule has 0 spiro atoms. The van der Waals surface area contributed by atoms with Gasteiger partial charge in [0.25, 0.3) is 11.4 Å². The number of anilines is 1. The molecule has 42 heavy (non-hydrogen) atoms. The molecular formula is C26H22F4N4O8. The van der Waals surface area contributed by atoms with Gasteiger partial charge in [0.05, 0.1) is 33.7 Å². The van der Waals surface area contributed by atoms with Crippen molar-refractivity contribution in [2.45, 2.75) is 25.9 Å². The zero-order valence-corrected chi connectivity index (χ0v) is 21.5. The quantitative estimate of drug-likeness (QED) is 0.159. The summed E-state index contributed by atoms with van der Waals surface area (Å²) in [5, 5.41) is 22.5. The van der Waals surface area contributed by atoms with Gasteiger partial charge in [-0.3, -0.25) is 25.1 Å². The first kappa shape index (κ1) is 29.8. The van der Waals surface area contributed by atoms with Gasteiger partial charge in [0.2, 0.25) is 0 Å². The molecule has 1 atom stereocenters. The minimum atomic E-state index is -3.37. The summed E-state index contributed by atoms with van der Waals surface area (Å²) in [6.45, 7) is -7.20. The molecule has 3 aromatic rings.